The van der Waals surface area contributed by atoms with Crippen molar-refractivity contribution in [3.63, 3.8) is 0 Å². The molecule has 0 aliphatic carbocycles. The molecule has 15 heteroatoms. The van der Waals surface area contributed by atoms with Crippen LogP contribution in [0.3, 0.4) is 0 Å². The number of nitrogens with zero attached hydrogens (tertiary/aromatic N) is 6. The molecule has 1 aliphatic heterocycles. The molecule has 2 aromatic rings. The summed E-state index contributed by atoms with van der Waals surface area (Å²) >= 11 is 5.85. The van der Waals surface area contributed by atoms with E-state index in [1.165, 1.54) is 10.9 Å². The number of piperazine rings is 1. The lowest BCUT2D eigenvalue weighted by molar-refractivity contribution is -0.389. The molecule has 1 atom stereocenters. The molecule has 2 N–H and O–H groups in total. The van der Waals surface area contributed by atoms with Gasteiger partial charge >= 0.3 is 11.9 Å². The molecule has 0 bridgehead atoms. The van der Waals surface area contributed by atoms with E-state index in [2.05, 4.69) is 20.6 Å². The third-order valence-corrected chi connectivity index (χ3v) is 5.48. The van der Waals surface area contributed by atoms with E-state index in [1.807, 2.05) is 0 Å². The normalized spacial score (nSPS) is 14.7. The fourth-order valence-electron chi connectivity index (χ4n) is 3.28. The van der Waals surface area contributed by atoms with Crippen molar-refractivity contribution in [2.45, 2.75) is 26.8 Å². The first-order chi connectivity index (χ1) is 15.6. The molecule has 1 aliphatic rings. The van der Waals surface area contributed by atoms with Crippen molar-refractivity contribution in [3.05, 3.63) is 32.7 Å². The van der Waals surface area contributed by atoms with Crippen LogP contribution in [0.2, 0.25) is 5.02 Å². The van der Waals surface area contributed by atoms with Crippen molar-refractivity contribution in [2.75, 3.05) is 38.1 Å². The van der Waals surface area contributed by atoms with Crippen LogP contribution < -0.4 is 5.32 Å². The number of H-pyrrole nitrogens is 1. The summed E-state index contributed by atoms with van der Waals surface area (Å²) in [5.41, 5.74) is 0.393. The van der Waals surface area contributed by atoms with Crippen molar-refractivity contribution >= 4 is 41.0 Å². The van der Waals surface area contributed by atoms with Gasteiger partial charge in [0.15, 0.2) is 10.7 Å². The fourth-order valence-corrected chi connectivity index (χ4v) is 3.52. The lowest BCUT2D eigenvalue weighted by Gasteiger charge is -2.35. The molecule has 3 amide bonds. The van der Waals surface area contributed by atoms with Crippen molar-refractivity contribution in [3.8, 4) is 0 Å². The molecule has 1 fully saturated rings. The Morgan fingerprint density at radius 3 is 2.52 bits per heavy atom. The third-order valence-electron chi connectivity index (χ3n) is 5.12. The molecule has 178 valence electrons. The van der Waals surface area contributed by atoms with Crippen LogP contribution in [0.25, 0.3) is 0 Å². The van der Waals surface area contributed by atoms with Crippen molar-refractivity contribution < 1.29 is 24.0 Å². The maximum atomic E-state index is 12.9. The Balaban J connectivity index is 1.65. The van der Waals surface area contributed by atoms with Crippen LogP contribution in [-0.4, -0.2) is 85.4 Å². The zero-order valence-corrected chi connectivity index (χ0v) is 19.0. The van der Waals surface area contributed by atoms with Gasteiger partial charge in [-0.3, -0.25) is 14.3 Å². The van der Waals surface area contributed by atoms with E-state index < -0.39 is 33.8 Å². The second-order valence-electron chi connectivity index (χ2n) is 7.24. The zero-order valence-electron chi connectivity index (χ0n) is 18.2. The van der Waals surface area contributed by atoms with E-state index >= 15 is 0 Å². The van der Waals surface area contributed by atoms with Crippen molar-refractivity contribution in [1.82, 2.24) is 29.8 Å². The summed E-state index contributed by atoms with van der Waals surface area (Å²) in [6.07, 6.45) is 1.09. The molecular formula is C18H23ClN8O6. The molecule has 3 rings (SSSR count). The van der Waals surface area contributed by atoms with E-state index in [4.69, 9.17) is 16.3 Å². The first kappa shape index (κ1) is 24.0. The smallest absolute Gasteiger partial charge is 0.409 e. The molecule has 2 aromatic heterocycles. The molecule has 3 heterocycles. The molecule has 1 saturated heterocycles. The van der Waals surface area contributed by atoms with Crippen LogP contribution in [-0.2, 0) is 9.53 Å². The maximum absolute atomic E-state index is 12.9. The third kappa shape index (κ3) is 5.05. The summed E-state index contributed by atoms with van der Waals surface area (Å²) in [4.78, 5) is 50.5. The Bertz CT molecular complexity index is 1070. The van der Waals surface area contributed by atoms with E-state index in [0.29, 0.717) is 37.6 Å². The van der Waals surface area contributed by atoms with Gasteiger partial charge in [-0.2, -0.15) is 5.10 Å². The van der Waals surface area contributed by atoms with Gasteiger partial charge in [-0.15, -0.1) is 5.10 Å². The predicted octanol–water partition coefficient (Wildman–Crippen LogP) is 1.59. The average Bonchev–Trinajstić information content (AvgIpc) is 3.35. The second-order valence-corrected chi connectivity index (χ2v) is 7.62. The van der Waals surface area contributed by atoms with Gasteiger partial charge in [0, 0.05) is 32.4 Å². The number of nitrogens with one attached hydrogen (secondary N) is 2. The van der Waals surface area contributed by atoms with E-state index in [-0.39, 0.29) is 18.2 Å². The number of hydrogen-bond donors (Lipinski definition) is 2. The van der Waals surface area contributed by atoms with E-state index in [1.54, 1.807) is 30.6 Å². The number of carbonyl (C=O) groups is 3. The lowest BCUT2D eigenvalue weighted by Crippen LogP contribution is -2.52. The first-order valence-corrected chi connectivity index (χ1v) is 10.5. The number of amides is 3. The van der Waals surface area contributed by atoms with Crippen LogP contribution in [0.1, 0.15) is 36.1 Å². The molecule has 0 radical (unpaired) electrons. The number of rotatable bonds is 6. The van der Waals surface area contributed by atoms with Crippen LogP contribution >= 0.6 is 11.6 Å². The predicted molar refractivity (Wildman–Crippen MR) is 115 cm³/mol. The molecular weight excluding hydrogens is 460 g/mol. The quantitative estimate of drug-likeness (QED) is 0.462. The summed E-state index contributed by atoms with van der Waals surface area (Å²) < 4.78 is 6.40. The lowest BCUT2D eigenvalue weighted by atomic mass is 10.2. The Labute approximate surface area is 192 Å². The maximum Gasteiger partial charge on any atom is 0.409 e. The van der Waals surface area contributed by atoms with Gasteiger partial charge in [0.1, 0.15) is 6.04 Å². The van der Waals surface area contributed by atoms with Crippen LogP contribution in [0.15, 0.2) is 6.20 Å². The Morgan fingerprint density at radius 2 is 1.94 bits per heavy atom. The van der Waals surface area contributed by atoms with Crippen LogP contribution in [0.4, 0.5) is 16.3 Å². The second kappa shape index (κ2) is 9.85. The summed E-state index contributed by atoms with van der Waals surface area (Å²) in [6.45, 7) is 6.79. The fraction of sp³-hybridized carbons (Fsp3) is 0.500. The number of carbonyl (C=O) groups excluding carboxylic acids is 3. The van der Waals surface area contributed by atoms with Gasteiger partial charge in [-0.05, 0) is 25.7 Å². The number of ether oxygens (including phenoxy) is 1. The topological polar surface area (TPSA) is 169 Å². The summed E-state index contributed by atoms with van der Waals surface area (Å²) in [7, 11) is 0. The van der Waals surface area contributed by atoms with Crippen molar-refractivity contribution in [1.29, 1.82) is 0 Å². The molecule has 0 saturated carbocycles. The largest absolute Gasteiger partial charge is 0.450 e. The monoisotopic (exact) mass is 482 g/mol. The Morgan fingerprint density at radius 1 is 1.30 bits per heavy atom. The Kier molecular flexibility index (Phi) is 7.16. The Hall–Kier alpha value is -3.68. The van der Waals surface area contributed by atoms with Gasteiger partial charge in [0.05, 0.1) is 18.0 Å². The highest BCUT2D eigenvalue weighted by Gasteiger charge is 2.30. The minimum absolute atomic E-state index is 0.190. The summed E-state index contributed by atoms with van der Waals surface area (Å²) in [5, 5.41) is 23.0. The van der Waals surface area contributed by atoms with Gasteiger partial charge in [-0.25, -0.2) is 4.79 Å². The van der Waals surface area contributed by atoms with E-state index in [0.717, 1.165) is 0 Å². The highest BCUT2D eigenvalue weighted by Crippen LogP contribution is 2.26. The van der Waals surface area contributed by atoms with Gasteiger partial charge in [0.25, 0.3) is 5.91 Å². The highest BCUT2D eigenvalue weighted by atomic mass is 35.5. The van der Waals surface area contributed by atoms with Crippen LogP contribution in [0.5, 0.6) is 0 Å². The molecule has 33 heavy (non-hydrogen) atoms. The van der Waals surface area contributed by atoms with Gasteiger partial charge in [-0.1, -0.05) is 16.7 Å². The van der Waals surface area contributed by atoms with Crippen molar-refractivity contribution in [2.24, 2.45) is 0 Å². The highest BCUT2D eigenvalue weighted by molar-refractivity contribution is 6.35. The zero-order chi connectivity index (χ0) is 24.3. The SMILES string of the molecule is CCOC(=O)N1CCN(C(=O)C(C)n2cc(NC(=O)c3n[nH]c([N+](=O)[O-])c3Cl)c(C)n2)CC1. The van der Waals surface area contributed by atoms with Gasteiger partial charge < -0.3 is 30.0 Å². The molecule has 14 nitrogen and oxygen atoms in total. The minimum Gasteiger partial charge on any atom is -0.450 e. The number of halogens is 1. The number of aromatic nitrogens is 4. The molecule has 0 aromatic carbocycles. The number of nitro groups is 1. The van der Waals surface area contributed by atoms with E-state index in [9.17, 15) is 24.5 Å². The first-order valence-electron chi connectivity index (χ1n) is 10.1. The van der Waals surface area contributed by atoms with Gasteiger partial charge in [0.2, 0.25) is 5.91 Å². The number of hydrogen-bond acceptors (Lipinski definition) is 8. The number of aromatic amines is 1. The summed E-state index contributed by atoms with van der Waals surface area (Å²) in [6, 6.07) is -0.668. The standard InChI is InChI=1S/C18H23ClN8O6/c1-4-33-18(30)25-7-5-24(6-8-25)17(29)11(3)26-9-12(10(2)23-26)20-16(28)14-13(19)15(22-21-14)27(31)32/h9,11H,4-8H2,1-3H3,(H,20,28)(H,21,22). The molecule has 0 spiro atoms. The minimum atomic E-state index is -0.783. The molecule has 1 unspecified atom stereocenters. The average molecular weight is 483 g/mol. The number of aryl methyl sites for hydroxylation is 1. The van der Waals surface area contributed by atoms with Crippen LogP contribution in [0, 0.1) is 17.0 Å². The number of anilines is 1. The summed E-state index contributed by atoms with van der Waals surface area (Å²) in [5.74, 6) is -1.54.